The lowest BCUT2D eigenvalue weighted by Crippen LogP contribution is -2.36. The van der Waals surface area contributed by atoms with Gasteiger partial charge in [0, 0.05) is 30.5 Å². The minimum Gasteiger partial charge on any atom is -0.378 e. The molecule has 11 heteroatoms. The second-order valence-electron chi connectivity index (χ2n) is 7.63. The lowest BCUT2D eigenvalue weighted by Gasteiger charge is -2.29. The smallest absolute Gasteiger partial charge is 0.233 e. The third-order valence-electron chi connectivity index (χ3n) is 5.28. The van der Waals surface area contributed by atoms with Gasteiger partial charge in [0.05, 0.1) is 42.6 Å². The molecule has 1 aromatic heterocycles. The fourth-order valence-corrected chi connectivity index (χ4v) is 4.41. The molecular weight excluding hydrogens is 459 g/mol. The molecule has 0 bridgehead atoms. The molecule has 4 rings (SSSR count). The first kappa shape index (κ1) is 23.4. The Morgan fingerprint density at radius 1 is 1.18 bits per heavy atom. The van der Waals surface area contributed by atoms with Crippen LogP contribution in [0.4, 0.5) is 27.4 Å². The summed E-state index contributed by atoms with van der Waals surface area (Å²) in [5, 5.41) is 12.0. The van der Waals surface area contributed by atoms with Crippen LogP contribution in [-0.4, -0.2) is 57.5 Å². The summed E-state index contributed by atoms with van der Waals surface area (Å²) in [6, 6.07) is 15.1. The summed E-state index contributed by atoms with van der Waals surface area (Å²) in [6.45, 7) is 2.16. The molecule has 0 radical (unpaired) electrons. The highest BCUT2D eigenvalue weighted by molar-refractivity contribution is 7.92. The maximum atomic E-state index is 14.7. The van der Waals surface area contributed by atoms with Crippen LogP contribution in [0.25, 0.3) is 11.3 Å². The van der Waals surface area contributed by atoms with E-state index in [1.807, 2.05) is 11.0 Å². The Kier molecular flexibility index (Phi) is 6.90. The zero-order valence-corrected chi connectivity index (χ0v) is 19.3. The first-order valence-corrected chi connectivity index (χ1v) is 12.4. The third kappa shape index (κ3) is 5.41. The van der Waals surface area contributed by atoms with Gasteiger partial charge in [0.2, 0.25) is 16.0 Å². The van der Waals surface area contributed by atoms with E-state index < -0.39 is 10.0 Å². The van der Waals surface area contributed by atoms with Crippen LogP contribution in [0.15, 0.2) is 54.7 Å². The normalized spacial score (nSPS) is 13.9. The molecule has 0 amide bonds. The fourth-order valence-electron chi connectivity index (χ4n) is 3.62. The van der Waals surface area contributed by atoms with E-state index in [1.165, 1.54) is 6.07 Å². The zero-order valence-electron chi connectivity index (χ0n) is 18.5. The predicted octanol–water partition coefficient (Wildman–Crippen LogP) is 3.15. The number of sulfonamides is 1. The van der Waals surface area contributed by atoms with Gasteiger partial charge in [-0.25, -0.2) is 22.8 Å². The summed E-state index contributed by atoms with van der Waals surface area (Å²) < 4.78 is 44.9. The third-order valence-corrected chi connectivity index (χ3v) is 6.42. The number of benzene rings is 2. The Morgan fingerprint density at radius 2 is 1.91 bits per heavy atom. The van der Waals surface area contributed by atoms with Gasteiger partial charge in [-0.2, -0.15) is 5.26 Å². The van der Waals surface area contributed by atoms with Gasteiger partial charge in [-0.3, -0.25) is 4.31 Å². The summed E-state index contributed by atoms with van der Waals surface area (Å²) in [5.74, 6) is -0.0474. The van der Waals surface area contributed by atoms with E-state index in [4.69, 9.17) is 10.00 Å². The Morgan fingerprint density at radius 3 is 2.56 bits per heavy atom. The van der Waals surface area contributed by atoms with Crippen LogP contribution in [0.1, 0.15) is 0 Å². The average Bonchev–Trinajstić information content (AvgIpc) is 2.83. The second-order valence-corrected chi connectivity index (χ2v) is 9.54. The number of halogens is 1. The molecule has 2 aromatic carbocycles. The first-order valence-electron chi connectivity index (χ1n) is 10.5. The number of nitrogens with zero attached hydrogens (tertiary/aromatic N) is 5. The van der Waals surface area contributed by atoms with Gasteiger partial charge in [-0.1, -0.05) is 12.1 Å². The molecule has 1 aliphatic heterocycles. The van der Waals surface area contributed by atoms with Crippen LogP contribution in [0.2, 0.25) is 0 Å². The van der Waals surface area contributed by atoms with Crippen molar-refractivity contribution in [2.24, 2.45) is 0 Å². The molecule has 1 fully saturated rings. The largest absolute Gasteiger partial charge is 0.378 e. The molecule has 1 aliphatic rings. The molecule has 1 N–H and O–H groups in total. The van der Waals surface area contributed by atoms with Crippen molar-refractivity contribution in [1.29, 1.82) is 5.26 Å². The number of anilines is 4. The zero-order chi connectivity index (χ0) is 24.1. The van der Waals surface area contributed by atoms with Crippen LogP contribution >= 0.6 is 0 Å². The van der Waals surface area contributed by atoms with E-state index in [-0.39, 0.29) is 12.4 Å². The number of morpholine rings is 1. The molecule has 0 unspecified atom stereocenters. The molecule has 34 heavy (non-hydrogen) atoms. The number of rotatable bonds is 7. The number of nitrogens with one attached hydrogen (secondary N) is 1. The highest BCUT2D eigenvalue weighted by atomic mass is 32.2. The topological polar surface area (TPSA) is 111 Å². The minimum atomic E-state index is -3.58. The summed E-state index contributed by atoms with van der Waals surface area (Å²) in [6.07, 6.45) is 2.63. The highest BCUT2D eigenvalue weighted by Crippen LogP contribution is 2.27. The van der Waals surface area contributed by atoms with Crippen molar-refractivity contribution in [2.45, 2.75) is 0 Å². The average molecular weight is 483 g/mol. The van der Waals surface area contributed by atoms with Crippen molar-refractivity contribution < 1.29 is 17.5 Å². The van der Waals surface area contributed by atoms with Gasteiger partial charge in [0.15, 0.2) is 0 Å². The summed E-state index contributed by atoms with van der Waals surface area (Å²) in [4.78, 5) is 10.6. The van der Waals surface area contributed by atoms with E-state index in [0.717, 1.165) is 16.1 Å². The molecule has 9 nitrogen and oxygen atoms in total. The number of aromatic nitrogens is 2. The number of hydrogen-bond acceptors (Lipinski definition) is 8. The van der Waals surface area contributed by atoms with Gasteiger partial charge in [-0.05, 0) is 36.4 Å². The lowest BCUT2D eigenvalue weighted by atomic mass is 10.1. The van der Waals surface area contributed by atoms with Crippen LogP contribution < -0.4 is 14.5 Å². The highest BCUT2D eigenvalue weighted by Gasteiger charge is 2.18. The van der Waals surface area contributed by atoms with Gasteiger partial charge < -0.3 is 15.0 Å². The standard InChI is InChI=1S/C23H23FN6O3S/c1-34(31,32)30(11-9-25)19-5-2-17(3-6-19)21-8-10-26-23(28-21)27-18-4-7-22(20(24)16-18)29-12-14-33-15-13-29/h2-8,10,16H,11-15H2,1H3,(H,26,27,28). The van der Waals surface area contributed by atoms with Gasteiger partial charge in [0.1, 0.15) is 12.4 Å². The van der Waals surface area contributed by atoms with Gasteiger partial charge in [0.25, 0.3) is 0 Å². The van der Waals surface area contributed by atoms with Crippen molar-refractivity contribution in [3.63, 3.8) is 0 Å². The van der Waals surface area contributed by atoms with E-state index in [1.54, 1.807) is 48.7 Å². The first-order chi connectivity index (χ1) is 16.3. The Hall–Kier alpha value is -3.75. The Labute approximate surface area is 197 Å². The maximum absolute atomic E-state index is 14.7. The van der Waals surface area contributed by atoms with Crippen molar-refractivity contribution in [3.05, 3.63) is 60.5 Å². The Bertz CT molecular complexity index is 1310. The fraction of sp³-hybridized carbons (Fsp3) is 0.261. The Balaban J connectivity index is 1.51. The maximum Gasteiger partial charge on any atom is 0.233 e. The molecule has 1 saturated heterocycles. The van der Waals surface area contributed by atoms with E-state index in [0.29, 0.717) is 55.0 Å². The van der Waals surface area contributed by atoms with Crippen LogP contribution in [-0.2, 0) is 14.8 Å². The predicted molar refractivity (Wildman–Crippen MR) is 128 cm³/mol. The lowest BCUT2D eigenvalue weighted by molar-refractivity contribution is 0.122. The van der Waals surface area contributed by atoms with Crippen LogP contribution in [0, 0.1) is 17.1 Å². The van der Waals surface area contributed by atoms with E-state index in [2.05, 4.69) is 15.3 Å². The second kappa shape index (κ2) is 10.0. The number of hydrogen-bond donors (Lipinski definition) is 1. The molecular formula is C23H23FN6O3S. The molecule has 176 valence electrons. The van der Waals surface area contributed by atoms with Crippen molar-refractivity contribution >= 4 is 33.0 Å². The monoisotopic (exact) mass is 482 g/mol. The molecule has 2 heterocycles. The molecule has 3 aromatic rings. The quantitative estimate of drug-likeness (QED) is 0.511. The molecule has 0 aliphatic carbocycles. The summed E-state index contributed by atoms with van der Waals surface area (Å²) in [7, 11) is -3.58. The van der Waals surface area contributed by atoms with Gasteiger partial charge in [-0.15, -0.1) is 0 Å². The number of ether oxygens (including phenoxy) is 1. The van der Waals surface area contributed by atoms with E-state index in [9.17, 15) is 12.8 Å². The van der Waals surface area contributed by atoms with Crippen molar-refractivity contribution in [2.75, 3.05) is 53.6 Å². The minimum absolute atomic E-state index is 0.277. The van der Waals surface area contributed by atoms with Gasteiger partial charge >= 0.3 is 0 Å². The SMILES string of the molecule is CS(=O)(=O)N(CC#N)c1ccc(-c2ccnc(Nc3ccc(N4CCOCC4)c(F)c3)n2)cc1. The van der Waals surface area contributed by atoms with Crippen molar-refractivity contribution in [1.82, 2.24) is 9.97 Å². The summed E-state index contributed by atoms with van der Waals surface area (Å²) >= 11 is 0. The summed E-state index contributed by atoms with van der Waals surface area (Å²) in [5.41, 5.74) is 2.76. The van der Waals surface area contributed by atoms with Crippen molar-refractivity contribution in [3.8, 4) is 17.3 Å². The molecule has 0 saturated carbocycles. The van der Waals surface area contributed by atoms with Crippen LogP contribution in [0.3, 0.4) is 0 Å². The molecule has 0 atom stereocenters. The number of nitriles is 1. The van der Waals surface area contributed by atoms with E-state index >= 15 is 0 Å². The van der Waals surface area contributed by atoms with Crippen LogP contribution in [0.5, 0.6) is 0 Å². The molecule has 0 spiro atoms.